The van der Waals surface area contributed by atoms with E-state index in [0.29, 0.717) is 19.1 Å². The third-order valence-corrected chi connectivity index (χ3v) is 4.13. The quantitative estimate of drug-likeness (QED) is 0.882. The van der Waals surface area contributed by atoms with Crippen LogP contribution in [-0.4, -0.2) is 48.4 Å². The molecule has 5 heteroatoms. The van der Waals surface area contributed by atoms with Gasteiger partial charge in [0, 0.05) is 19.1 Å². The van der Waals surface area contributed by atoms with Crippen molar-refractivity contribution >= 4 is 5.91 Å². The number of likely N-dealkylation sites (N-methyl/N-ethyl adjacent to an activating group) is 1. The summed E-state index contributed by atoms with van der Waals surface area (Å²) in [5.41, 5.74) is 0.936. The molecule has 0 spiro atoms. The lowest BCUT2D eigenvalue weighted by molar-refractivity contribution is -0.128. The van der Waals surface area contributed by atoms with Crippen LogP contribution in [0.4, 0.5) is 4.39 Å². The van der Waals surface area contributed by atoms with E-state index in [-0.39, 0.29) is 17.9 Å². The molecule has 1 aliphatic heterocycles. The summed E-state index contributed by atoms with van der Waals surface area (Å²) in [6, 6.07) is 7.06. The predicted octanol–water partition coefficient (Wildman–Crippen LogP) is 1.35. The van der Waals surface area contributed by atoms with Crippen molar-refractivity contribution in [1.82, 2.24) is 15.1 Å². The van der Waals surface area contributed by atoms with Gasteiger partial charge in [-0.2, -0.15) is 0 Å². The summed E-state index contributed by atoms with van der Waals surface area (Å²) >= 11 is 0. The Bertz CT molecular complexity index is 486. The largest absolute Gasteiger partial charge is 0.321 e. The smallest absolute Gasteiger partial charge is 0.238 e. The fourth-order valence-electron chi connectivity index (χ4n) is 2.70. The van der Waals surface area contributed by atoms with Gasteiger partial charge in [0.25, 0.3) is 0 Å². The highest BCUT2D eigenvalue weighted by Crippen LogP contribution is 2.26. The summed E-state index contributed by atoms with van der Waals surface area (Å²) in [7, 11) is 2.11. The summed E-state index contributed by atoms with van der Waals surface area (Å²) in [5.74, 6) is -0.137. The molecule has 1 saturated carbocycles. The zero-order valence-electron chi connectivity index (χ0n) is 11.7. The first kappa shape index (κ1) is 13.5. The Labute approximate surface area is 118 Å². The summed E-state index contributed by atoms with van der Waals surface area (Å²) in [6.45, 7) is 1.95. The molecule has 1 aliphatic carbocycles. The third kappa shape index (κ3) is 2.83. The molecule has 0 radical (unpaired) electrons. The van der Waals surface area contributed by atoms with Gasteiger partial charge in [0.1, 0.15) is 12.0 Å². The lowest BCUT2D eigenvalue weighted by Crippen LogP contribution is -2.37. The summed E-state index contributed by atoms with van der Waals surface area (Å²) < 4.78 is 13.0. The monoisotopic (exact) mass is 277 g/mol. The molecule has 1 atom stereocenters. The highest BCUT2D eigenvalue weighted by atomic mass is 19.1. The maximum Gasteiger partial charge on any atom is 0.238 e. The maximum absolute atomic E-state index is 13.0. The summed E-state index contributed by atoms with van der Waals surface area (Å²) in [5, 5.41) is 3.20. The lowest BCUT2D eigenvalue weighted by atomic mass is 10.1. The van der Waals surface area contributed by atoms with Crippen molar-refractivity contribution in [3.8, 4) is 0 Å². The van der Waals surface area contributed by atoms with Gasteiger partial charge < -0.3 is 9.80 Å². The second kappa shape index (κ2) is 5.50. The zero-order valence-corrected chi connectivity index (χ0v) is 11.7. The van der Waals surface area contributed by atoms with Gasteiger partial charge in [0.05, 0.1) is 6.54 Å². The molecule has 108 valence electrons. The second-order valence-corrected chi connectivity index (χ2v) is 5.63. The van der Waals surface area contributed by atoms with Crippen LogP contribution in [0.15, 0.2) is 24.3 Å². The SMILES string of the molecule is CN(CCN1C(=O)CNC1c1ccc(F)cc1)C1CC1. The topological polar surface area (TPSA) is 35.6 Å². The molecule has 2 aliphatic rings. The number of carbonyl (C=O) groups excluding carboxylic acids is 1. The average molecular weight is 277 g/mol. The molecule has 1 aromatic rings. The van der Waals surface area contributed by atoms with Crippen molar-refractivity contribution in [2.24, 2.45) is 0 Å². The predicted molar refractivity (Wildman–Crippen MR) is 74.5 cm³/mol. The van der Waals surface area contributed by atoms with Gasteiger partial charge in [-0.3, -0.25) is 10.1 Å². The fraction of sp³-hybridized carbons (Fsp3) is 0.533. The number of amides is 1. The number of rotatable bonds is 5. The van der Waals surface area contributed by atoms with Gasteiger partial charge in [0.2, 0.25) is 5.91 Å². The Morgan fingerprint density at radius 2 is 2.05 bits per heavy atom. The van der Waals surface area contributed by atoms with E-state index in [1.54, 1.807) is 12.1 Å². The van der Waals surface area contributed by atoms with E-state index in [4.69, 9.17) is 0 Å². The number of nitrogens with one attached hydrogen (secondary N) is 1. The number of benzene rings is 1. The Morgan fingerprint density at radius 1 is 1.35 bits per heavy atom. The van der Waals surface area contributed by atoms with Crippen LogP contribution in [0.3, 0.4) is 0 Å². The van der Waals surface area contributed by atoms with E-state index in [1.165, 1.54) is 25.0 Å². The summed E-state index contributed by atoms with van der Waals surface area (Å²) in [6.07, 6.45) is 2.41. The van der Waals surface area contributed by atoms with Gasteiger partial charge in [-0.1, -0.05) is 12.1 Å². The zero-order chi connectivity index (χ0) is 14.1. The minimum atomic E-state index is -0.252. The van der Waals surface area contributed by atoms with Crippen molar-refractivity contribution in [3.05, 3.63) is 35.6 Å². The van der Waals surface area contributed by atoms with Gasteiger partial charge in [-0.25, -0.2) is 4.39 Å². The van der Waals surface area contributed by atoms with Crippen LogP contribution >= 0.6 is 0 Å². The van der Waals surface area contributed by atoms with Crippen LogP contribution < -0.4 is 5.32 Å². The highest BCUT2D eigenvalue weighted by Gasteiger charge is 2.32. The molecule has 4 nitrogen and oxygen atoms in total. The van der Waals surface area contributed by atoms with Gasteiger partial charge in [0.15, 0.2) is 0 Å². The maximum atomic E-state index is 13.0. The van der Waals surface area contributed by atoms with E-state index in [2.05, 4.69) is 17.3 Å². The van der Waals surface area contributed by atoms with Crippen LogP contribution in [0.2, 0.25) is 0 Å². The molecule has 0 bridgehead atoms. The molecule has 1 amide bonds. The van der Waals surface area contributed by atoms with E-state index < -0.39 is 0 Å². The molecular formula is C15H20FN3O. The second-order valence-electron chi connectivity index (χ2n) is 5.63. The Hall–Kier alpha value is -1.46. The first-order valence-corrected chi connectivity index (χ1v) is 7.14. The molecule has 1 N–H and O–H groups in total. The fourth-order valence-corrected chi connectivity index (χ4v) is 2.70. The van der Waals surface area contributed by atoms with Crippen molar-refractivity contribution in [2.75, 3.05) is 26.7 Å². The van der Waals surface area contributed by atoms with E-state index in [1.807, 2.05) is 4.90 Å². The first-order chi connectivity index (χ1) is 9.65. The Balaban J connectivity index is 1.66. The van der Waals surface area contributed by atoms with Crippen LogP contribution in [0.5, 0.6) is 0 Å². The van der Waals surface area contributed by atoms with Gasteiger partial charge in [-0.15, -0.1) is 0 Å². The minimum Gasteiger partial charge on any atom is -0.321 e. The normalized spacial score (nSPS) is 22.9. The highest BCUT2D eigenvalue weighted by molar-refractivity contribution is 5.80. The molecule has 1 aromatic carbocycles. The number of hydrogen-bond donors (Lipinski definition) is 1. The van der Waals surface area contributed by atoms with Crippen molar-refractivity contribution in [1.29, 1.82) is 0 Å². The van der Waals surface area contributed by atoms with Gasteiger partial charge >= 0.3 is 0 Å². The van der Waals surface area contributed by atoms with Crippen molar-refractivity contribution < 1.29 is 9.18 Å². The Kier molecular flexibility index (Phi) is 3.72. The average Bonchev–Trinajstić information content (AvgIpc) is 3.22. The first-order valence-electron chi connectivity index (χ1n) is 7.14. The van der Waals surface area contributed by atoms with Gasteiger partial charge in [-0.05, 0) is 37.6 Å². The number of hydrogen-bond acceptors (Lipinski definition) is 3. The molecule has 2 fully saturated rings. The molecule has 1 heterocycles. The van der Waals surface area contributed by atoms with Crippen LogP contribution in [0, 0.1) is 5.82 Å². The molecule has 1 saturated heterocycles. The summed E-state index contributed by atoms with van der Waals surface area (Å²) in [4.78, 5) is 16.2. The minimum absolute atomic E-state index is 0.114. The standard InChI is InChI=1S/C15H20FN3O/c1-18(13-6-7-13)8-9-19-14(20)10-17-15(19)11-2-4-12(16)5-3-11/h2-5,13,15,17H,6-10H2,1H3. The molecular weight excluding hydrogens is 257 g/mol. The number of carbonyl (C=O) groups is 1. The molecule has 20 heavy (non-hydrogen) atoms. The van der Waals surface area contributed by atoms with E-state index in [0.717, 1.165) is 12.1 Å². The van der Waals surface area contributed by atoms with Crippen molar-refractivity contribution in [2.45, 2.75) is 25.0 Å². The van der Waals surface area contributed by atoms with E-state index >= 15 is 0 Å². The lowest BCUT2D eigenvalue weighted by Gasteiger charge is -2.27. The molecule has 0 aromatic heterocycles. The van der Waals surface area contributed by atoms with Crippen molar-refractivity contribution in [3.63, 3.8) is 0 Å². The molecule has 1 unspecified atom stereocenters. The molecule has 3 rings (SSSR count). The third-order valence-electron chi connectivity index (χ3n) is 4.13. The van der Waals surface area contributed by atoms with Crippen LogP contribution in [0.25, 0.3) is 0 Å². The number of halogens is 1. The number of nitrogens with zero attached hydrogens (tertiary/aromatic N) is 2. The van der Waals surface area contributed by atoms with Crippen LogP contribution in [0.1, 0.15) is 24.6 Å². The Morgan fingerprint density at radius 3 is 2.70 bits per heavy atom. The van der Waals surface area contributed by atoms with E-state index in [9.17, 15) is 9.18 Å². The van der Waals surface area contributed by atoms with Crippen LogP contribution in [-0.2, 0) is 4.79 Å².